The van der Waals surface area contributed by atoms with Gasteiger partial charge in [0.2, 0.25) is 0 Å². The van der Waals surface area contributed by atoms with E-state index in [1.165, 1.54) is 20.8 Å². The van der Waals surface area contributed by atoms with Crippen LogP contribution in [-0.2, 0) is 38.1 Å². The third-order valence-corrected chi connectivity index (χ3v) is 4.87. The van der Waals surface area contributed by atoms with Crippen molar-refractivity contribution >= 4 is 17.9 Å². The fraction of sp³-hybridized carbons (Fsp3) is 0.812. The molecule has 1 saturated carbocycles. The molecule has 1 aliphatic carbocycles. The zero-order chi connectivity index (χ0) is 17.4. The average Bonchev–Trinajstić information content (AvgIpc) is 3.01. The molecule has 0 aromatic heterocycles. The molecule has 2 heterocycles. The number of hydrogen-bond donors (Lipinski definition) is 0. The quantitative estimate of drug-likeness (QED) is 0.536. The van der Waals surface area contributed by atoms with Gasteiger partial charge in [-0.25, -0.2) is 0 Å². The van der Waals surface area contributed by atoms with Crippen molar-refractivity contribution in [3.8, 4) is 0 Å². The molecular formula is C16H22O8. The van der Waals surface area contributed by atoms with Crippen LogP contribution in [0, 0.1) is 17.8 Å². The smallest absolute Gasteiger partial charge is 0.303 e. The summed E-state index contributed by atoms with van der Waals surface area (Å²) < 4.78 is 27.6. The number of carbonyl (C=O) groups excluding carboxylic acids is 3. The largest absolute Gasteiger partial charge is 0.463 e. The summed E-state index contributed by atoms with van der Waals surface area (Å²) in [6.45, 7) is 4.43. The van der Waals surface area contributed by atoms with Crippen molar-refractivity contribution in [2.24, 2.45) is 17.8 Å². The molecule has 0 aromatic rings. The van der Waals surface area contributed by atoms with Gasteiger partial charge in [0.15, 0.2) is 6.29 Å². The van der Waals surface area contributed by atoms with E-state index in [1.54, 1.807) is 0 Å². The molecule has 0 N–H and O–H groups in total. The molecule has 3 rings (SSSR count). The van der Waals surface area contributed by atoms with Gasteiger partial charge in [-0.15, -0.1) is 0 Å². The minimum Gasteiger partial charge on any atom is -0.463 e. The lowest BCUT2D eigenvalue weighted by atomic mass is 9.81. The Bertz CT molecular complexity index is 532. The van der Waals surface area contributed by atoms with Gasteiger partial charge in [-0.2, -0.15) is 0 Å². The van der Waals surface area contributed by atoms with Gasteiger partial charge in [0.25, 0.3) is 0 Å². The van der Waals surface area contributed by atoms with E-state index in [2.05, 4.69) is 0 Å². The first-order valence-corrected chi connectivity index (χ1v) is 8.11. The van der Waals surface area contributed by atoms with Crippen molar-refractivity contribution < 1.29 is 38.1 Å². The van der Waals surface area contributed by atoms with Gasteiger partial charge in [0.1, 0.15) is 24.9 Å². The molecule has 7 atom stereocenters. The minimum absolute atomic E-state index is 0.00715. The molecule has 0 amide bonds. The maximum atomic E-state index is 11.6. The minimum atomic E-state index is -0.654. The van der Waals surface area contributed by atoms with E-state index >= 15 is 0 Å². The van der Waals surface area contributed by atoms with E-state index in [4.69, 9.17) is 23.7 Å². The van der Waals surface area contributed by atoms with E-state index in [-0.39, 0.29) is 36.4 Å². The summed E-state index contributed by atoms with van der Waals surface area (Å²) in [5.74, 6) is -1.33. The Morgan fingerprint density at radius 2 is 1.71 bits per heavy atom. The van der Waals surface area contributed by atoms with Gasteiger partial charge in [-0.05, 0) is 12.3 Å². The van der Waals surface area contributed by atoms with Crippen LogP contribution in [0.4, 0.5) is 0 Å². The molecule has 0 bridgehead atoms. The molecule has 3 fully saturated rings. The second kappa shape index (κ2) is 6.68. The molecular weight excluding hydrogens is 320 g/mol. The normalized spacial score (nSPS) is 39.9. The topological polar surface area (TPSA) is 97.4 Å². The average molecular weight is 342 g/mol. The van der Waals surface area contributed by atoms with Crippen molar-refractivity contribution in [1.29, 1.82) is 0 Å². The van der Waals surface area contributed by atoms with Crippen LogP contribution in [0.1, 0.15) is 27.2 Å². The van der Waals surface area contributed by atoms with Crippen molar-refractivity contribution in [3.63, 3.8) is 0 Å². The Hall–Kier alpha value is -1.67. The molecule has 2 saturated heterocycles. The number of esters is 3. The van der Waals surface area contributed by atoms with E-state index in [0.29, 0.717) is 13.0 Å². The third-order valence-electron chi connectivity index (χ3n) is 4.87. The fourth-order valence-electron chi connectivity index (χ4n) is 4.16. The second-order valence-corrected chi connectivity index (χ2v) is 6.55. The standard InChI is InChI=1S/C16H22O8/c1-7(17)20-6-12-15(23-9(3)19)14-11(22-8(2)18)4-10-5-21-16(24-12)13(10)14/h10-16H,4-6H2,1-3H3/t10-,11-,12+,13+,14-,15+,16-/m0/s1. The van der Waals surface area contributed by atoms with Crippen LogP contribution in [0.2, 0.25) is 0 Å². The summed E-state index contributed by atoms with van der Waals surface area (Å²) in [5.41, 5.74) is 0. The predicted molar refractivity (Wildman–Crippen MR) is 77.4 cm³/mol. The summed E-state index contributed by atoms with van der Waals surface area (Å²) in [4.78, 5) is 34.1. The molecule has 0 aromatic carbocycles. The van der Waals surface area contributed by atoms with Crippen LogP contribution in [0.15, 0.2) is 0 Å². The highest BCUT2D eigenvalue weighted by Gasteiger charge is 2.61. The number of hydrogen-bond acceptors (Lipinski definition) is 8. The van der Waals surface area contributed by atoms with Crippen molar-refractivity contribution in [1.82, 2.24) is 0 Å². The van der Waals surface area contributed by atoms with Gasteiger partial charge in [0.05, 0.1) is 6.61 Å². The van der Waals surface area contributed by atoms with Crippen molar-refractivity contribution in [2.45, 2.75) is 51.8 Å². The zero-order valence-corrected chi connectivity index (χ0v) is 13.9. The molecule has 134 valence electrons. The lowest BCUT2D eigenvalue weighted by molar-refractivity contribution is -0.260. The Morgan fingerprint density at radius 3 is 2.33 bits per heavy atom. The van der Waals surface area contributed by atoms with Crippen molar-refractivity contribution in [2.75, 3.05) is 13.2 Å². The number of carbonyl (C=O) groups is 3. The molecule has 8 nitrogen and oxygen atoms in total. The predicted octanol–water partition coefficient (Wildman–Crippen LogP) is 0.420. The third kappa shape index (κ3) is 3.25. The summed E-state index contributed by atoms with van der Waals surface area (Å²) in [5, 5.41) is 0. The van der Waals surface area contributed by atoms with E-state index in [1.807, 2.05) is 0 Å². The van der Waals surface area contributed by atoms with Crippen LogP contribution >= 0.6 is 0 Å². The Kier molecular flexibility index (Phi) is 4.78. The monoisotopic (exact) mass is 342 g/mol. The molecule has 3 aliphatic rings. The first-order valence-electron chi connectivity index (χ1n) is 8.11. The summed E-state index contributed by atoms with van der Waals surface area (Å²) >= 11 is 0. The molecule has 0 radical (unpaired) electrons. The SMILES string of the molecule is CC(=O)OC[C@H]1O[C@@H]2OC[C@@H]3C[C@H](OC(C)=O)[C@H]([C@@H]1OC(C)=O)[C@@H]32. The number of rotatable bonds is 4. The van der Waals surface area contributed by atoms with Crippen LogP contribution in [0.25, 0.3) is 0 Å². The van der Waals surface area contributed by atoms with Crippen LogP contribution in [0.3, 0.4) is 0 Å². The van der Waals surface area contributed by atoms with E-state index in [0.717, 1.165) is 0 Å². The lowest BCUT2D eigenvalue weighted by Gasteiger charge is -2.42. The molecule has 2 aliphatic heterocycles. The fourth-order valence-corrected chi connectivity index (χ4v) is 4.16. The van der Waals surface area contributed by atoms with Crippen molar-refractivity contribution in [3.05, 3.63) is 0 Å². The van der Waals surface area contributed by atoms with Crippen LogP contribution in [0.5, 0.6) is 0 Å². The van der Waals surface area contributed by atoms with Gasteiger partial charge in [-0.1, -0.05) is 0 Å². The summed E-state index contributed by atoms with van der Waals surface area (Å²) in [6, 6.07) is 0. The summed E-state index contributed by atoms with van der Waals surface area (Å²) in [7, 11) is 0. The summed E-state index contributed by atoms with van der Waals surface area (Å²) in [6.07, 6.45) is -1.49. The molecule has 8 heteroatoms. The maximum absolute atomic E-state index is 11.6. The Morgan fingerprint density at radius 1 is 1.00 bits per heavy atom. The highest BCUT2D eigenvalue weighted by atomic mass is 16.7. The molecule has 0 spiro atoms. The van der Waals surface area contributed by atoms with Gasteiger partial charge in [-0.3, -0.25) is 14.4 Å². The van der Waals surface area contributed by atoms with E-state index in [9.17, 15) is 14.4 Å². The maximum Gasteiger partial charge on any atom is 0.303 e. The lowest BCUT2D eigenvalue weighted by Crippen LogP contribution is -2.55. The van der Waals surface area contributed by atoms with E-state index < -0.39 is 30.4 Å². The van der Waals surface area contributed by atoms with Gasteiger partial charge < -0.3 is 23.7 Å². The second-order valence-electron chi connectivity index (χ2n) is 6.55. The Labute approximate surface area is 139 Å². The first kappa shape index (κ1) is 17.2. The highest BCUT2D eigenvalue weighted by molar-refractivity contribution is 5.67. The number of ether oxygens (including phenoxy) is 5. The molecule has 0 unspecified atom stereocenters. The Balaban J connectivity index is 1.85. The van der Waals surface area contributed by atoms with Crippen LogP contribution in [-0.4, -0.2) is 55.7 Å². The van der Waals surface area contributed by atoms with Gasteiger partial charge in [0, 0.05) is 32.6 Å². The first-order chi connectivity index (χ1) is 11.4. The molecule has 24 heavy (non-hydrogen) atoms. The highest BCUT2D eigenvalue weighted by Crippen LogP contribution is 2.52. The van der Waals surface area contributed by atoms with Crippen LogP contribution < -0.4 is 0 Å². The van der Waals surface area contributed by atoms with Gasteiger partial charge >= 0.3 is 17.9 Å². The zero-order valence-electron chi connectivity index (χ0n) is 13.9.